The number of sulfonamides is 1. The third-order valence-electron chi connectivity index (χ3n) is 1.86. The Kier molecular flexibility index (Phi) is 2.35. The van der Waals surface area contributed by atoms with E-state index in [1.165, 1.54) is 6.20 Å². The Labute approximate surface area is 86.2 Å². The van der Waals surface area contributed by atoms with Gasteiger partial charge in [-0.15, -0.1) is 4.83 Å². The molecule has 15 heavy (non-hydrogen) atoms. The van der Waals surface area contributed by atoms with Crippen LogP contribution in [0.25, 0.3) is 10.9 Å². The number of hydrazine groups is 1. The molecule has 1 heterocycles. The zero-order valence-corrected chi connectivity index (χ0v) is 8.40. The first-order valence-electron chi connectivity index (χ1n) is 4.08. The summed E-state index contributed by atoms with van der Waals surface area (Å²) in [5.41, 5.74) is 0.557. The largest absolute Gasteiger partial charge is 0.288 e. The third kappa shape index (κ3) is 1.80. The number of benzene rings is 1. The summed E-state index contributed by atoms with van der Waals surface area (Å²) < 4.78 is 22.6. The number of nitrogens with one attached hydrogen (secondary N) is 1. The molecule has 0 unspecified atom stereocenters. The van der Waals surface area contributed by atoms with Gasteiger partial charge >= 0.3 is 0 Å². The minimum Gasteiger partial charge on any atom is -0.257 e. The van der Waals surface area contributed by atoms with Crippen molar-refractivity contribution in [2.45, 2.75) is 5.16 Å². The highest BCUT2D eigenvalue weighted by molar-refractivity contribution is 7.89. The lowest BCUT2D eigenvalue weighted by Crippen LogP contribution is -2.31. The number of rotatable bonds is 2. The Morgan fingerprint density at radius 1 is 1.27 bits per heavy atom. The van der Waals surface area contributed by atoms with Crippen molar-refractivity contribution in [3.8, 4) is 0 Å². The highest BCUT2D eigenvalue weighted by atomic mass is 32.2. The summed E-state index contributed by atoms with van der Waals surface area (Å²) in [5, 5.41) is 0.442. The first-order valence-corrected chi connectivity index (χ1v) is 5.56. The Morgan fingerprint density at radius 2 is 2.00 bits per heavy atom. The van der Waals surface area contributed by atoms with Gasteiger partial charge in [0.25, 0.3) is 15.2 Å². The molecule has 0 aliphatic rings. The highest BCUT2D eigenvalue weighted by Crippen LogP contribution is 2.11. The SMILES string of the molecule is NNS(=O)(=O)c1ncc2ccccc2n1. The third-order valence-corrected chi connectivity index (χ3v) is 2.85. The van der Waals surface area contributed by atoms with Crippen molar-refractivity contribution in [1.82, 2.24) is 14.8 Å². The maximum atomic E-state index is 11.3. The Morgan fingerprint density at radius 3 is 2.73 bits per heavy atom. The Hall–Kier alpha value is -1.57. The van der Waals surface area contributed by atoms with Crippen LogP contribution in [0.2, 0.25) is 0 Å². The van der Waals surface area contributed by atoms with Gasteiger partial charge < -0.3 is 0 Å². The highest BCUT2D eigenvalue weighted by Gasteiger charge is 2.15. The van der Waals surface area contributed by atoms with Crippen LogP contribution >= 0.6 is 0 Å². The monoisotopic (exact) mass is 224 g/mol. The number of hydrogen-bond donors (Lipinski definition) is 2. The molecule has 78 valence electrons. The second kappa shape index (κ2) is 3.54. The molecule has 0 saturated carbocycles. The van der Waals surface area contributed by atoms with E-state index in [1.54, 1.807) is 23.0 Å². The second-order valence-electron chi connectivity index (χ2n) is 2.83. The number of hydrogen-bond acceptors (Lipinski definition) is 5. The molecule has 0 spiro atoms. The van der Waals surface area contributed by atoms with Crippen molar-refractivity contribution in [3.63, 3.8) is 0 Å². The molecule has 7 heteroatoms. The van der Waals surface area contributed by atoms with Crippen LogP contribution in [0.5, 0.6) is 0 Å². The van der Waals surface area contributed by atoms with Gasteiger partial charge in [-0.25, -0.2) is 18.4 Å². The molecule has 0 aliphatic heterocycles. The van der Waals surface area contributed by atoms with Gasteiger partial charge in [-0.1, -0.05) is 18.2 Å². The number of aromatic nitrogens is 2. The van der Waals surface area contributed by atoms with E-state index in [2.05, 4.69) is 9.97 Å². The van der Waals surface area contributed by atoms with Crippen LogP contribution in [0.1, 0.15) is 0 Å². The van der Waals surface area contributed by atoms with E-state index >= 15 is 0 Å². The van der Waals surface area contributed by atoms with E-state index in [1.807, 2.05) is 6.07 Å². The zero-order chi connectivity index (χ0) is 10.9. The molecule has 0 aliphatic carbocycles. The quantitative estimate of drug-likeness (QED) is 0.417. The van der Waals surface area contributed by atoms with Crippen LogP contribution in [-0.2, 0) is 10.0 Å². The number of nitrogens with zero attached hydrogens (tertiary/aromatic N) is 2. The Bertz CT molecular complexity index is 596. The molecular formula is C8H8N4O2S. The summed E-state index contributed by atoms with van der Waals surface area (Å²) in [5.74, 6) is 4.86. The van der Waals surface area contributed by atoms with E-state index < -0.39 is 10.0 Å². The van der Waals surface area contributed by atoms with E-state index in [9.17, 15) is 8.42 Å². The summed E-state index contributed by atoms with van der Waals surface area (Å²) in [6, 6.07) is 7.08. The lowest BCUT2D eigenvalue weighted by Gasteiger charge is -2.01. The van der Waals surface area contributed by atoms with E-state index in [0.717, 1.165) is 5.39 Å². The van der Waals surface area contributed by atoms with Crippen molar-refractivity contribution in [3.05, 3.63) is 30.5 Å². The first kappa shape index (κ1) is 9.97. The molecule has 0 radical (unpaired) electrons. The molecular weight excluding hydrogens is 216 g/mol. The van der Waals surface area contributed by atoms with Gasteiger partial charge in [0.15, 0.2) is 0 Å². The summed E-state index contributed by atoms with van der Waals surface area (Å²) in [6.07, 6.45) is 1.44. The van der Waals surface area contributed by atoms with Gasteiger partial charge in [-0.3, -0.25) is 5.84 Å². The van der Waals surface area contributed by atoms with Crippen molar-refractivity contribution in [2.75, 3.05) is 0 Å². The average Bonchev–Trinajstić information content (AvgIpc) is 2.28. The standard InChI is InChI=1S/C8H8N4O2S/c9-12-15(13,14)8-10-5-6-3-1-2-4-7(6)11-8/h1-5,12H,9H2. The maximum Gasteiger partial charge on any atom is 0.288 e. The molecule has 1 aromatic heterocycles. The van der Waals surface area contributed by atoms with Crippen molar-refractivity contribution in [1.29, 1.82) is 0 Å². The first-order chi connectivity index (χ1) is 7.13. The number of fused-ring (bicyclic) bond motifs is 1. The molecule has 0 bridgehead atoms. The molecule has 3 N–H and O–H groups in total. The normalized spacial score (nSPS) is 11.8. The molecule has 0 fully saturated rings. The zero-order valence-electron chi connectivity index (χ0n) is 7.58. The predicted molar refractivity (Wildman–Crippen MR) is 54.0 cm³/mol. The van der Waals surface area contributed by atoms with Gasteiger partial charge in [0.05, 0.1) is 5.52 Å². The smallest absolute Gasteiger partial charge is 0.257 e. The molecule has 0 saturated heterocycles. The fourth-order valence-electron chi connectivity index (χ4n) is 1.14. The van der Waals surface area contributed by atoms with Gasteiger partial charge in [0, 0.05) is 11.6 Å². The molecule has 2 aromatic rings. The summed E-state index contributed by atoms with van der Waals surface area (Å²) in [6.45, 7) is 0. The van der Waals surface area contributed by atoms with Crippen LogP contribution in [0.15, 0.2) is 35.6 Å². The van der Waals surface area contributed by atoms with Crippen molar-refractivity contribution >= 4 is 20.9 Å². The molecule has 0 amide bonds. The molecule has 1 aromatic carbocycles. The molecule has 6 nitrogen and oxygen atoms in total. The van der Waals surface area contributed by atoms with Gasteiger partial charge in [0.1, 0.15) is 0 Å². The Balaban J connectivity index is 2.67. The molecule has 0 atom stereocenters. The lowest BCUT2D eigenvalue weighted by atomic mass is 10.2. The molecule has 2 rings (SSSR count). The summed E-state index contributed by atoms with van der Waals surface area (Å²) >= 11 is 0. The van der Waals surface area contributed by atoms with Gasteiger partial charge in [-0.05, 0) is 6.07 Å². The maximum absolute atomic E-state index is 11.3. The lowest BCUT2D eigenvalue weighted by molar-refractivity contribution is 0.575. The van der Waals surface area contributed by atoms with Crippen LogP contribution in [-0.4, -0.2) is 18.4 Å². The van der Waals surface area contributed by atoms with E-state index in [-0.39, 0.29) is 5.16 Å². The van der Waals surface area contributed by atoms with E-state index in [0.29, 0.717) is 5.52 Å². The fourth-order valence-corrected chi connectivity index (χ4v) is 1.65. The van der Waals surface area contributed by atoms with Crippen LogP contribution in [0.3, 0.4) is 0 Å². The van der Waals surface area contributed by atoms with Gasteiger partial charge in [0.2, 0.25) is 0 Å². The topological polar surface area (TPSA) is 98.0 Å². The number of para-hydroxylation sites is 1. The second-order valence-corrected chi connectivity index (χ2v) is 4.44. The van der Waals surface area contributed by atoms with Crippen LogP contribution in [0.4, 0.5) is 0 Å². The summed E-state index contributed by atoms with van der Waals surface area (Å²) in [4.78, 5) is 9.25. The average molecular weight is 224 g/mol. The fraction of sp³-hybridized carbons (Fsp3) is 0. The van der Waals surface area contributed by atoms with Crippen molar-refractivity contribution < 1.29 is 8.42 Å². The minimum absolute atomic E-state index is 0.330. The van der Waals surface area contributed by atoms with Crippen molar-refractivity contribution in [2.24, 2.45) is 5.84 Å². The predicted octanol–water partition coefficient (Wildman–Crippen LogP) is -0.218. The van der Waals surface area contributed by atoms with Gasteiger partial charge in [-0.2, -0.15) is 0 Å². The minimum atomic E-state index is -3.78. The summed E-state index contributed by atoms with van der Waals surface area (Å²) in [7, 11) is -3.78. The van der Waals surface area contributed by atoms with Crippen LogP contribution in [0, 0.1) is 0 Å². The number of nitrogens with two attached hydrogens (primary N) is 1. The van der Waals surface area contributed by atoms with Crippen LogP contribution < -0.4 is 10.7 Å². The van der Waals surface area contributed by atoms with E-state index in [4.69, 9.17) is 5.84 Å².